The third kappa shape index (κ3) is 3.65. The van der Waals surface area contributed by atoms with Gasteiger partial charge in [-0.25, -0.2) is 8.42 Å². The number of rotatable bonds is 5. The topological polar surface area (TPSA) is 77.9 Å². The molecular formula is C10H20N2O4S. The second-order valence-electron chi connectivity index (χ2n) is 4.27. The molecule has 17 heavy (non-hydrogen) atoms. The number of nitrogens with zero attached hydrogens (tertiary/aromatic N) is 2. The van der Waals surface area contributed by atoms with Crippen molar-refractivity contribution in [2.24, 2.45) is 0 Å². The van der Waals surface area contributed by atoms with Gasteiger partial charge in [0.2, 0.25) is 10.0 Å². The molecule has 1 rings (SSSR count). The maximum atomic E-state index is 11.8. The molecule has 1 saturated heterocycles. The lowest BCUT2D eigenvalue weighted by Crippen LogP contribution is -2.53. The molecule has 0 bridgehead atoms. The van der Waals surface area contributed by atoms with Crippen LogP contribution in [0.3, 0.4) is 0 Å². The third-order valence-electron chi connectivity index (χ3n) is 3.03. The van der Waals surface area contributed by atoms with Crippen LogP contribution in [0, 0.1) is 0 Å². The summed E-state index contributed by atoms with van der Waals surface area (Å²) < 4.78 is 25.0. The highest BCUT2D eigenvalue weighted by molar-refractivity contribution is 7.89. The minimum Gasteiger partial charge on any atom is -0.480 e. The van der Waals surface area contributed by atoms with Crippen molar-refractivity contribution in [1.82, 2.24) is 9.21 Å². The molecule has 1 N–H and O–H groups in total. The Hall–Kier alpha value is -0.660. The first kappa shape index (κ1) is 14.4. The van der Waals surface area contributed by atoms with Crippen LogP contribution in [0.15, 0.2) is 0 Å². The van der Waals surface area contributed by atoms with E-state index >= 15 is 0 Å². The van der Waals surface area contributed by atoms with Crippen molar-refractivity contribution in [3.05, 3.63) is 0 Å². The lowest BCUT2D eigenvalue weighted by molar-refractivity contribution is -0.143. The van der Waals surface area contributed by atoms with Crippen LogP contribution in [-0.4, -0.2) is 66.7 Å². The molecule has 7 heteroatoms. The maximum absolute atomic E-state index is 11.8. The zero-order valence-electron chi connectivity index (χ0n) is 10.3. The first-order valence-electron chi connectivity index (χ1n) is 5.83. The second kappa shape index (κ2) is 5.79. The van der Waals surface area contributed by atoms with Gasteiger partial charge in [-0.05, 0) is 13.3 Å². The predicted molar refractivity (Wildman–Crippen MR) is 64.3 cm³/mol. The van der Waals surface area contributed by atoms with Gasteiger partial charge in [0.1, 0.15) is 6.04 Å². The van der Waals surface area contributed by atoms with Crippen molar-refractivity contribution in [2.45, 2.75) is 26.3 Å². The standard InChI is InChI=1S/C10H20N2O4S/c1-3-8-17(15,16)12-6-4-11(5-7-12)9(2)10(13)14/h9H,3-8H2,1-2H3,(H,13,14). The Morgan fingerprint density at radius 2 is 1.82 bits per heavy atom. The van der Waals surface area contributed by atoms with E-state index in [0.29, 0.717) is 32.6 Å². The summed E-state index contributed by atoms with van der Waals surface area (Å²) in [6.07, 6.45) is 0.605. The zero-order chi connectivity index (χ0) is 13.1. The molecule has 0 spiro atoms. The second-order valence-corrected chi connectivity index (χ2v) is 6.35. The van der Waals surface area contributed by atoms with E-state index in [0.717, 1.165) is 0 Å². The van der Waals surface area contributed by atoms with Crippen molar-refractivity contribution in [1.29, 1.82) is 0 Å². The lowest BCUT2D eigenvalue weighted by Gasteiger charge is -2.35. The Balaban J connectivity index is 2.54. The molecule has 100 valence electrons. The minimum atomic E-state index is -3.14. The van der Waals surface area contributed by atoms with Crippen molar-refractivity contribution < 1.29 is 18.3 Å². The molecule has 0 radical (unpaired) electrons. The SMILES string of the molecule is CCCS(=O)(=O)N1CCN(C(C)C(=O)O)CC1. The molecule has 1 heterocycles. The zero-order valence-corrected chi connectivity index (χ0v) is 11.1. The average Bonchev–Trinajstić information content (AvgIpc) is 2.28. The Morgan fingerprint density at radius 3 is 2.24 bits per heavy atom. The number of aliphatic carboxylic acids is 1. The average molecular weight is 264 g/mol. The monoisotopic (exact) mass is 264 g/mol. The molecule has 1 unspecified atom stereocenters. The summed E-state index contributed by atoms with van der Waals surface area (Å²) in [5.74, 6) is -0.698. The van der Waals surface area contributed by atoms with Gasteiger partial charge in [-0.15, -0.1) is 0 Å². The van der Waals surface area contributed by atoms with Crippen LogP contribution in [0.25, 0.3) is 0 Å². The third-order valence-corrected chi connectivity index (χ3v) is 5.11. The van der Waals surface area contributed by atoms with Gasteiger partial charge in [0.05, 0.1) is 5.75 Å². The molecule has 6 nitrogen and oxygen atoms in total. The van der Waals surface area contributed by atoms with Gasteiger partial charge < -0.3 is 5.11 Å². The first-order valence-corrected chi connectivity index (χ1v) is 7.44. The number of hydrogen-bond donors (Lipinski definition) is 1. The molecule has 0 aromatic rings. The van der Waals surface area contributed by atoms with Crippen LogP contribution < -0.4 is 0 Å². The number of sulfonamides is 1. The van der Waals surface area contributed by atoms with E-state index in [4.69, 9.17) is 5.11 Å². The van der Waals surface area contributed by atoms with Gasteiger partial charge in [0.15, 0.2) is 0 Å². The number of hydrogen-bond acceptors (Lipinski definition) is 4. The first-order chi connectivity index (χ1) is 7.88. The van der Waals surface area contributed by atoms with Gasteiger partial charge in [-0.2, -0.15) is 4.31 Å². The summed E-state index contributed by atoms with van der Waals surface area (Å²) in [5.41, 5.74) is 0. The highest BCUT2D eigenvalue weighted by atomic mass is 32.2. The molecule has 1 atom stereocenters. The highest BCUT2D eigenvalue weighted by Gasteiger charge is 2.29. The fourth-order valence-electron chi connectivity index (χ4n) is 1.91. The number of piperazine rings is 1. The van der Waals surface area contributed by atoms with E-state index in [2.05, 4.69) is 0 Å². The van der Waals surface area contributed by atoms with Gasteiger partial charge in [-0.3, -0.25) is 9.69 Å². The largest absolute Gasteiger partial charge is 0.480 e. The van der Waals surface area contributed by atoms with Crippen LogP contribution in [0.1, 0.15) is 20.3 Å². The molecule has 0 aliphatic carbocycles. The van der Waals surface area contributed by atoms with Crippen molar-refractivity contribution in [2.75, 3.05) is 31.9 Å². The molecule has 0 amide bonds. The molecule has 0 aromatic heterocycles. The number of carbonyl (C=O) groups is 1. The minimum absolute atomic E-state index is 0.168. The van der Waals surface area contributed by atoms with Crippen molar-refractivity contribution >= 4 is 16.0 Å². The van der Waals surface area contributed by atoms with Gasteiger partial charge in [0, 0.05) is 26.2 Å². The van der Waals surface area contributed by atoms with E-state index in [1.165, 1.54) is 4.31 Å². The summed E-state index contributed by atoms with van der Waals surface area (Å²) in [4.78, 5) is 12.6. The fraction of sp³-hybridized carbons (Fsp3) is 0.900. The van der Waals surface area contributed by atoms with E-state index in [1.807, 2.05) is 6.92 Å². The summed E-state index contributed by atoms with van der Waals surface area (Å²) >= 11 is 0. The fourth-order valence-corrected chi connectivity index (χ4v) is 3.41. The molecule has 1 fully saturated rings. The normalized spacial score (nSPS) is 21.3. The van der Waals surface area contributed by atoms with Crippen LogP contribution >= 0.6 is 0 Å². The molecule has 0 aromatic carbocycles. The van der Waals surface area contributed by atoms with Crippen molar-refractivity contribution in [3.8, 4) is 0 Å². The number of carboxylic acids is 1. The van der Waals surface area contributed by atoms with E-state index in [1.54, 1.807) is 11.8 Å². The van der Waals surface area contributed by atoms with Gasteiger partial charge in [-0.1, -0.05) is 6.92 Å². The Labute approximate surface area is 102 Å². The number of carboxylic acid groups (broad SMARTS) is 1. The van der Waals surface area contributed by atoms with E-state index in [-0.39, 0.29) is 5.75 Å². The molecule has 1 aliphatic rings. The summed E-state index contributed by atoms with van der Waals surface area (Å²) in [7, 11) is -3.14. The predicted octanol–water partition coefficient (Wildman–Crippen LogP) is -0.183. The Bertz CT molecular complexity index is 361. The van der Waals surface area contributed by atoms with Crippen LogP contribution in [0.5, 0.6) is 0 Å². The summed E-state index contributed by atoms with van der Waals surface area (Å²) in [5, 5.41) is 8.87. The highest BCUT2D eigenvalue weighted by Crippen LogP contribution is 2.11. The van der Waals surface area contributed by atoms with Crippen LogP contribution in [0.4, 0.5) is 0 Å². The Morgan fingerprint density at radius 1 is 1.29 bits per heavy atom. The van der Waals surface area contributed by atoms with Gasteiger partial charge >= 0.3 is 5.97 Å². The summed E-state index contributed by atoms with van der Waals surface area (Å²) in [6.45, 7) is 5.20. The maximum Gasteiger partial charge on any atom is 0.320 e. The quantitative estimate of drug-likeness (QED) is 0.745. The smallest absolute Gasteiger partial charge is 0.320 e. The van der Waals surface area contributed by atoms with E-state index < -0.39 is 22.0 Å². The van der Waals surface area contributed by atoms with Crippen LogP contribution in [-0.2, 0) is 14.8 Å². The summed E-state index contributed by atoms with van der Waals surface area (Å²) in [6, 6.07) is -0.550. The van der Waals surface area contributed by atoms with Crippen LogP contribution in [0.2, 0.25) is 0 Å². The molecular weight excluding hydrogens is 244 g/mol. The Kier molecular flexibility index (Phi) is 4.91. The lowest BCUT2D eigenvalue weighted by atomic mass is 10.2. The molecule has 0 saturated carbocycles. The van der Waals surface area contributed by atoms with Gasteiger partial charge in [0.25, 0.3) is 0 Å². The molecule has 1 aliphatic heterocycles. The van der Waals surface area contributed by atoms with E-state index in [9.17, 15) is 13.2 Å². The van der Waals surface area contributed by atoms with Crippen molar-refractivity contribution in [3.63, 3.8) is 0 Å².